The number of nitrogens with two attached hydrogens (primary N) is 1. The Bertz CT molecular complexity index is 925. The highest BCUT2D eigenvalue weighted by Gasteiger charge is 2.19. The van der Waals surface area contributed by atoms with Crippen molar-refractivity contribution in [2.75, 3.05) is 5.75 Å². The molecule has 0 aliphatic rings. The van der Waals surface area contributed by atoms with E-state index in [-0.39, 0.29) is 30.0 Å². The predicted octanol–water partition coefficient (Wildman–Crippen LogP) is 2.29. The van der Waals surface area contributed by atoms with Crippen molar-refractivity contribution in [3.05, 3.63) is 64.1 Å². The second kappa shape index (κ2) is 9.52. The fraction of sp³-hybridized carbons (Fsp3) is 0.263. The summed E-state index contributed by atoms with van der Waals surface area (Å²) in [6, 6.07) is 13.7. The summed E-state index contributed by atoms with van der Waals surface area (Å²) in [4.78, 5) is 24.6. The van der Waals surface area contributed by atoms with Crippen LogP contribution < -0.4 is 11.1 Å². The fourth-order valence-electron chi connectivity index (χ4n) is 2.68. The Kier molecular flexibility index (Phi) is 6.83. The minimum Gasteiger partial charge on any atom is -0.370 e. The molecule has 146 valence electrons. The van der Waals surface area contributed by atoms with Crippen LogP contribution in [-0.2, 0) is 23.1 Å². The number of hydrogen-bond donors (Lipinski definition) is 2. The van der Waals surface area contributed by atoms with Crippen molar-refractivity contribution in [1.29, 1.82) is 0 Å². The number of amides is 2. The third kappa shape index (κ3) is 5.20. The van der Waals surface area contributed by atoms with Crippen molar-refractivity contribution >= 4 is 34.9 Å². The number of nitrogens with zero attached hydrogens (tertiary/aromatic N) is 3. The first-order valence-electron chi connectivity index (χ1n) is 8.71. The molecule has 1 atom stereocenters. The van der Waals surface area contributed by atoms with Crippen LogP contribution in [0.4, 0.5) is 0 Å². The lowest BCUT2D eigenvalue weighted by atomic mass is 10.1. The summed E-state index contributed by atoms with van der Waals surface area (Å²) in [5.74, 6) is 0.421. The molecule has 3 aromatic rings. The van der Waals surface area contributed by atoms with Gasteiger partial charge in [-0.1, -0.05) is 48.2 Å². The Morgan fingerprint density at radius 3 is 2.68 bits per heavy atom. The zero-order valence-corrected chi connectivity index (χ0v) is 17.0. The van der Waals surface area contributed by atoms with Crippen LogP contribution in [0.1, 0.15) is 28.7 Å². The molecule has 0 bridgehead atoms. The zero-order valence-electron chi connectivity index (χ0n) is 15.4. The number of hydrogen-bond acceptors (Lipinski definition) is 6. The fourth-order valence-corrected chi connectivity index (χ4v) is 4.22. The van der Waals surface area contributed by atoms with E-state index in [2.05, 4.69) is 15.5 Å². The standard InChI is InChI=1S/C19H21N5O2S2/c1-24-16(10-9-15(20)25)22-23-19(24)28-12-17(26)21-18(14-8-5-11-27-14)13-6-3-2-4-7-13/h2-8,11,18H,9-10,12H2,1H3,(H2,20,25)(H,21,26)/t18-/m0/s1. The number of thioether (sulfide) groups is 1. The number of nitrogens with one attached hydrogen (secondary N) is 1. The van der Waals surface area contributed by atoms with Crippen molar-refractivity contribution in [3.63, 3.8) is 0 Å². The van der Waals surface area contributed by atoms with Gasteiger partial charge in [0.15, 0.2) is 5.16 Å². The maximum Gasteiger partial charge on any atom is 0.231 e. The summed E-state index contributed by atoms with van der Waals surface area (Å²) < 4.78 is 1.79. The quantitative estimate of drug-likeness (QED) is 0.522. The first-order chi connectivity index (χ1) is 13.5. The van der Waals surface area contributed by atoms with Gasteiger partial charge in [0.05, 0.1) is 11.8 Å². The third-order valence-corrected chi connectivity index (χ3v) is 6.08. The molecule has 0 aliphatic heterocycles. The second-order valence-electron chi connectivity index (χ2n) is 6.14. The molecule has 0 saturated carbocycles. The van der Waals surface area contributed by atoms with Gasteiger partial charge in [-0.3, -0.25) is 9.59 Å². The van der Waals surface area contributed by atoms with E-state index in [0.717, 1.165) is 10.4 Å². The summed E-state index contributed by atoms with van der Waals surface area (Å²) in [7, 11) is 1.81. The second-order valence-corrected chi connectivity index (χ2v) is 8.06. The number of aromatic nitrogens is 3. The Morgan fingerprint density at radius 2 is 2.00 bits per heavy atom. The van der Waals surface area contributed by atoms with Crippen LogP contribution >= 0.6 is 23.1 Å². The Balaban J connectivity index is 1.62. The van der Waals surface area contributed by atoms with Gasteiger partial charge in [0.2, 0.25) is 11.8 Å². The summed E-state index contributed by atoms with van der Waals surface area (Å²) in [6.45, 7) is 0. The molecule has 0 aliphatic carbocycles. The van der Waals surface area contributed by atoms with Crippen molar-refractivity contribution in [2.24, 2.45) is 12.8 Å². The van der Waals surface area contributed by atoms with E-state index in [1.54, 1.807) is 15.9 Å². The van der Waals surface area contributed by atoms with Gasteiger partial charge in [0.1, 0.15) is 5.82 Å². The van der Waals surface area contributed by atoms with Crippen LogP contribution in [-0.4, -0.2) is 32.3 Å². The molecule has 1 aromatic carbocycles. The van der Waals surface area contributed by atoms with Gasteiger partial charge in [0.25, 0.3) is 0 Å². The van der Waals surface area contributed by atoms with Crippen molar-refractivity contribution in [2.45, 2.75) is 24.0 Å². The zero-order chi connectivity index (χ0) is 19.9. The van der Waals surface area contributed by atoms with E-state index >= 15 is 0 Å². The summed E-state index contributed by atoms with van der Waals surface area (Å²) in [5.41, 5.74) is 6.21. The number of carbonyl (C=O) groups is 2. The summed E-state index contributed by atoms with van der Waals surface area (Å²) in [6.07, 6.45) is 0.650. The maximum absolute atomic E-state index is 12.6. The van der Waals surface area contributed by atoms with E-state index < -0.39 is 0 Å². The molecule has 2 amide bonds. The molecule has 0 unspecified atom stereocenters. The number of rotatable bonds is 9. The van der Waals surface area contributed by atoms with Gasteiger partial charge in [-0.2, -0.15) is 0 Å². The van der Waals surface area contributed by atoms with Crippen LogP contribution in [0.15, 0.2) is 53.0 Å². The van der Waals surface area contributed by atoms with Crippen LogP contribution in [0.25, 0.3) is 0 Å². The molecule has 2 aromatic heterocycles. The predicted molar refractivity (Wildman–Crippen MR) is 110 cm³/mol. The average molecular weight is 416 g/mol. The normalized spacial score (nSPS) is 11.9. The number of primary amides is 1. The maximum atomic E-state index is 12.6. The summed E-state index contributed by atoms with van der Waals surface area (Å²) >= 11 is 2.92. The largest absolute Gasteiger partial charge is 0.370 e. The molecular weight excluding hydrogens is 394 g/mol. The van der Waals surface area contributed by atoms with Gasteiger partial charge in [-0.25, -0.2) is 0 Å². The Morgan fingerprint density at radius 1 is 1.21 bits per heavy atom. The number of thiophene rings is 1. The Hall–Kier alpha value is -2.65. The molecule has 0 saturated heterocycles. The topological polar surface area (TPSA) is 103 Å². The number of aryl methyl sites for hydroxylation is 1. The van der Waals surface area contributed by atoms with Crippen LogP contribution in [0.5, 0.6) is 0 Å². The first-order valence-corrected chi connectivity index (χ1v) is 10.6. The molecule has 9 heteroatoms. The summed E-state index contributed by atoms with van der Waals surface area (Å²) in [5, 5.41) is 13.9. The van der Waals surface area contributed by atoms with Crippen LogP contribution in [0.2, 0.25) is 0 Å². The van der Waals surface area contributed by atoms with Crippen LogP contribution in [0.3, 0.4) is 0 Å². The van der Waals surface area contributed by atoms with Gasteiger partial charge < -0.3 is 15.6 Å². The average Bonchev–Trinajstić information content (AvgIpc) is 3.34. The molecule has 2 heterocycles. The van der Waals surface area contributed by atoms with E-state index in [1.165, 1.54) is 11.8 Å². The van der Waals surface area contributed by atoms with Gasteiger partial charge in [-0.05, 0) is 17.0 Å². The molecule has 0 spiro atoms. The molecule has 0 fully saturated rings. The van der Waals surface area contributed by atoms with Gasteiger partial charge in [0, 0.05) is 24.8 Å². The van der Waals surface area contributed by atoms with Crippen LogP contribution in [0, 0.1) is 0 Å². The van der Waals surface area contributed by atoms with Crippen molar-refractivity contribution < 1.29 is 9.59 Å². The highest BCUT2D eigenvalue weighted by Crippen LogP contribution is 2.26. The minimum atomic E-state index is -0.378. The first kappa shape index (κ1) is 20.1. The van der Waals surface area contributed by atoms with E-state index in [4.69, 9.17) is 5.73 Å². The third-order valence-electron chi connectivity index (χ3n) is 4.12. The molecule has 28 heavy (non-hydrogen) atoms. The minimum absolute atomic E-state index is 0.0889. The lowest BCUT2D eigenvalue weighted by Gasteiger charge is -2.18. The highest BCUT2D eigenvalue weighted by molar-refractivity contribution is 7.99. The SMILES string of the molecule is Cn1c(CCC(N)=O)nnc1SCC(=O)N[C@@H](c1ccccc1)c1cccs1. The lowest BCUT2D eigenvalue weighted by molar-refractivity contribution is -0.119. The highest BCUT2D eigenvalue weighted by atomic mass is 32.2. The van der Waals surface area contributed by atoms with Gasteiger partial charge >= 0.3 is 0 Å². The monoisotopic (exact) mass is 415 g/mol. The van der Waals surface area contributed by atoms with Crippen molar-refractivity contribution in [3.8, 4) is 0 Å². The van der Waals surface area contributed by atoms with E-state index in [1.807, 2.05) is 54.9 Å². The number of benzene rings is 1. The molecule has 7 nitrogen and oxygen atoms in total. The van der Waals surface area contributed by atoms with E-state index in [9.17, 15) is 9.59 Å². The van der Waals surface area contributed by atoms with Gasteiger partial charge in [-0.15, -0.1) is 21.5 Å². The molecule has 0 radical (unpaired) electrons. The van der Waals surface area contributed by atoms with Crippen molar-refractivity contribution in [1.82, 2.24) is 20.1 Å². The molecular formula is C19H21N5O2S2. The molecule has 3 rings (SSSR count). The van der Waals surface area contributed by atoms with E-state index in [0.29, 0.717) is 17.4 Å². The molecule has 3 N–H and O–H groups in total. The lowest BCUT2D eigenvalue weighted by Crippen LogP contribution is -2.30. The smallest absolute Gasteiger partial charge is 0.231 e. The number of carbonyl (C=O) groups excluding carboxylic acids is 2. The Labute approximate surface area is 171 Å².